The molecule has 0 aliphatic rings. The highest BCUT2D eigenvalue weighted by Gasteiger charge is 2.20. The molecule has 5 rings (SSSR count). The summed E-state index contributed by atoms with van der Waals surface area (Å²) in [5, 5.41) is 0. The lowest BCUT2D eigenvalue weighted by Gasteiger charge is -2.07. The minimum atomic E-state index is -0.338. The fourth-order valence-electron chi connectivity index (χ4n) is 3.22. The largest absolute Gasteiger partial charge is 0.439 e. The quantitative estimate of drug-likeness (QED) is 0.502. The van der Waals surface area contributed by atoms with Crippen LogP contribution in [0.15, 0.2) is 84.0 Å². The van der Waals surface area contributed by atoms with Crippen LogP contribution in [0.25, 0.3) is 22.5 Å². The molecule has 1 radical (unpaired) electrons. The van der Waals surface area contributed by atoms with Crippen molar-refractivity contribution < 1.29 is 4.74 Å². The van der Waals surface area contributed by atoms with E-state index in [4.69, 9.17) is 10.5 Å². The maximum atomic E-state index is 13.3. The van der Waals surface area contributed by atoms with Crippen LogP contribution in [0.2, 0.25) is 0 Å². The summed E-state index contributed by atoms with van der Waals surface area (Å²) in [6.07, 6.45) is 2.88. The number of hydrogen-bond donors (Lipinski definition) is 1. The van der Waals surface area contributed by atoms with Gasteiger partial charge in [0.15, 0.2) is 11.5 Å². The van der Waals surface area contributed by atoms with Gasteiger partial charge in [-0.2, -0.15) is 0 Å². The molecule has 8 heteroatoms. The SMILES string of the molecule is Nc1ncnc2c1n(-c1ccc(Oc3ccccc3)nc1)c(=O)n2-c1c[c]ccc1. The van der Waals surface area contributed by atoms with Crippen LogP contribution in [-0.4, -0.2) is 24.1 Å². The van der Waals surface area contributed by atoms with Crippen molar-refractivity contribution in [3.05, 3.63) is 95.8 Å². The van der Waals surface area contributed by atoms with Crippen LogP contribution in [0.4, 0.5) is 5.82 Å². The first-order valence-electron chi connectivity index (χ1n) is 9.12. The third kappa shape index (κ3) is 2.96. The van der Waals surface area contributed by atoms with E-state index in [2.05, 4.69) is 21.0 Å². The first kappa shape index (κ1) is 17.6. The molecule has 3 aromatic heterocycles. The van der Waals surface area contributed by atoms with Gasteiger partial charge in [-0.25, -0.2) is 24.3 Å². The van der Waals surface area contributed by atoms with Gasteiger partial charge in [0, 0.05) is 6.07 Å². The number of imidazole rings is 1. The van der Waals surface area contributed by atoms with E-state index in [0.29, 0.717) is 34.2 Å². The molecule has 0 saturated heterocycles. The minimum Gasteiger partial charge on any atom is -0.439 e. The summed E-state index contributed by atoms with van der Waals surface area (Å²) in [5.41, 5.74) is 7.72. The van der Waals surface area contributed by atoms with Crippen LogP contribution in [0.1, 0.15) is 0 Å². The lowest BCUT2D eigenvalue weighted by molar-refractivity contribution is 0.463. The van der Waals surface area contributed by atoms with Gasteiger partial charge in [-0.1, -0.05) is 30.3 Å². The molecule has 0 bridgehead atoms. The molecule has 2 N–H and O–H groups in total. The molecule has 0 aliphatic carbocycles. The molecule has 0 fully saturated rings. The molecule has 0 spiro atoms. The van der Waals surface area contributed by atoms with Crippen molar-refractivity contribution in [2.75, 3.05) is 5.73 Å². The monoisotopic (exact) mass is 395 g/mol. The number of anilines is 1. The Labute approximate surface area is 170 Å². The summed E-state index contributed by atoms with van der Waals surface area (Å²) in [6, 6.07) is 22.8. The Bertz CT molecular complexity index is 1380. The van der Waals surface area contributed by atoms with Crippen LogP contribution < -0.4 is 16.2 Å². The van der Waals surface area contributed by atoms with E-state index in [9.17, 15) is 4.79 Å². The number of rotatable bonds is 4. The zero-order valence-corrected chi connectivity index (χ0v) is 15.6. The third-order valence-electron chi connectivity index (χ3n) is 4.54. The van der Waals surface area contributed by atoms with Crippen LogP contribution >= 0.6 is 0 Å². The highest BCUT2D eigenvalue weighted by atomic mass is 16.5. The molecule has 3 heterocycles. The standard InChI is InChI=1S/C22H15N6O2/c23-20-19-21(26-14-25-20)28(15-7-3-1-4-8-15)22(29)27(19)16-11-12-18(24-13-16)30-17-9-5-2-6-10-17/h1-3,5-14H,(H2,23,25,26). The smallest absolute Gasteiger partial charge is 0.339 e. The van der Waals surface area contributed by atoms with Gasteiger partial charge in [0.2, 0.25) is 5.88 Å². The van der Waals surface area contributed by atoms with E-state index in [-0.39, 0.29) is 11.5 Å². The van der Waals surface area contributed by atoms with Gasteiger partial charge >= 0.3 is 5.69 Å². The average Bonchev–Trinajstić information content (AvgIpc) is 3.09. The first-order chi connectivity index (χ1) is 14.7. The predicted molar refractivity (Wildman–Crippen MR) is 112 cm³/mol. The van der Waals surface area contributed by atoms with E-state index >= 15 is 0 Å². The number of nitrogens with two attached hydrogens (primary N) is 1. The molecule has 145 valence electrons. The lowest BCUT2D eigenvalue weighted by atomic mass is 10.3. The molecule has 0 aliphatic heterocycles. The van der Waals surface area contributed by atoms with Crippen LogP contribution in [0, 0.1) is 6.07 Å². The average molecular weight is 395 g/mol. The molecular weight excluding hydrogens is 380 g/mol. The van der Waals surface area contributed by atoms with Crippen molar-refractivity contribution in [2.24, 2.45) is 0 Å². The van der Waals surface area contributed by atoms with Crippen molar-refractivity contribution in [2.45, 2.75) is 0 Å². The number of nitrogen functional groups attached to an aromatic ring is 1. The Balaban J connectivity index is 1.64. The zero-order valence-electron chi connectivity index (χ0n) is 15.6. The van der Waals surface area contributed by atoms with E-state index in [0.717, 1.165) is 0 Å². The Morgan fingerprint density at radius 1 is 0.900 bits per heavy atom. The van der Waals surface area contributed by atoms with Crippen LogP contribution in [-0.2, 0) is 0 Å². The molecule has 0 unspecified atom stereocenters. The number of para-hydroxylation sites is 1. The molecule has 30 heavy (non-hydrogen) atoms. The lowest BCUT2D eigenvalue weighted by Crippen LogP contribution is -2.22. The van der Waals surface area contributed by atoms with Crippen LogP contribution in [0.3, 0.4) is 0 Å². The fourth-order valence-corrected chi connectivity index (χ4v) is 3.22. The normalized spacial score (nSPS) is 10.9. The van der Waals surface area contributed by atoms with Crippen molar-refractivity contribution in [3.63, 3.8) is 0 Å². The van der Waals surface area contributed by atoms with Crippen molar-refractivity contribution in [1.29, 1.82) is 0 Å². The van der Waals surface area contributed by atoms with Crippen molar-refractivity contribution in [1.82, 2.24) is 24.1 Å². The topological polar surface area (TPSA) is 101 Å². The molecule has 0 atom stereocenters. The van der Waals surface area contributed by atoms with E-state index < -0.39 is 0 Å². The highest BCUT2D eigenvalue weighted by molar-refractivity contribution is 5.85. The number of ether oxygens (including phenoxy) is 1. The van der Waals surface area contributed by atoms with Crippen molar-refractivity contribution in [3.8, 4) is 23.0 Å². The molecule has 5 aromatic rings. The van der Waals surface area contributed by atoms with Crippen LogP contribution in [0.5, 0.6) is 11.6 Å². The second-order valence-electron chi connectivity index (χ2n) is 6.42. The van der Waals surface area contributed by atoms with E-state index in [1.165, 1.54) is 15.5 Å². The Morgan fingerprint density at radius 2 is 1.77 bits per heavy atom. The van der Waals surface area contributed by atoms with Crippen molar-refractivity contribution >= 4 is 17.0 Å². The Morgan fingerprint density at radius 3 is 2.50 bits per heavy atom. The highest BCUT2D eigenvalue weighted by Crippen LogP contribution is 2.24. The predicted octanol–water partition coefficient (Wildman–Crippen LogP) is 3.14. The number of benzene rings is 2. The molecule has 8 nitrogen and oxygen atoms in total. The van der Waals surface area contributed by atoms with Gasteiger partial charge in [-0.3, -0.25) is 4.57 Å². The Kier molecular flexibility index (Phi) is 4.21. The summed E-state index contributed by atoms with van der Waals surface area (Å²) in [5.74, 6) is 1.27. The second kappa shape index (κ2) is 7.17. The number of fused-ring (bicyclic) bond motifs is 1. The number of pyridine rings is 1. The minimum absolute atomic E-state index is 0.195. The van der Waals surface area contributed by atoms with Gasteiger partial charge in [0.05, 0.1) is 17.6 Å². The number of hydrogen-bond acceptors (Lipinski definition) is 6. The fraction of sp³-hybridized carbons (Fsp3) is 0. The Hall–Kier alpha value is -4.46. The van der Waals surface area contributed by atoms with E-state index in [1.807, 2.05) is 30.3 Å². The summed E-state index contributed by atoms with van der Waals surface area (Å²) >= 11 is 0. The number of aromatic nitrogens is 5. The zero-order chi connectivity index (χ0) is 20.5. The van der Waals surface area contributed by atoms with Gasteiger partial charge in [0.25, 0.3) is 0 Å². The third-order valence-corrected chi connectivity index (χ3v) is 4.54. The molecule has 0 amide bonds. The summed E-state index contributed by atoms with van der Waals surface area (Å²) in [6.45, 7) is 0. The maximum absolute atomic E-state index is 13.3. The second-order valence-corrected chi connectivity index (χ2v) is 6.42. The number of nitrogens with zero attached hydrogens (tertiary/aromatic N) is 5. The maximum Gasteiger partial charge on any atom is 0.339 e. The van der Waals surface area contributed by atoms with Gasteiger partial charge in [-0.05, 0) is 36.4 Å². The molecule has 0 saturated carbocycles. The first-order valence-corrected chi connectivity index (χ1v) is 9.12. The summed E-state index contributed by atoms with van der Waals surface area (Å²) < 4.78 is 8.64. The molecule has 2 aromatic carbocycles. The summed E-state index contributed by atoms with van der Waals surface area (Å²) in [4.78, 5) is 26.0. The van der Waals surface area contributed by atoms with Gasteiger partial charge in [0.1, 0.15) is 17.6 Å². The molecular formula is C22H15N6O2. The van der Waals surface area contributed by atoms with Gasteiger partial charge in [-0.15, -0.1) is 0 Å². The van der Waals surface area contributed by atoms with Gasteiger partial charge < -0.3 is 10.5 Å². The summed E-state index contributed by atoms with van der Waals surface area (Å²) in [7, 11) is 0. The van der Waals surface area contributed by atoms with E-state index in [1.54, 1.807) is 42.6 Å².